The minimum Gasteiger partial charge on any atom is -0.326 e. The molecule has 0 radical (unpaired) electrons. The number of amides is 1. The van der Waals surface area contributed by atoms with Gasteiger partial charge in [0.15, 0.2) is 0 Å². The summed E-state index contributed by atoms with van der Waals surface area (Å²) in [6.45, 7) is 6.21. The van der Waals surface area contributed by atoms with E-state index in [1.807, 2.05) is 4.90 Å². The summed E-state index contributed by atoms with van der Waals surface area (Å²) >= 11 is 5.77. The molecular formula is C12H14ClNO. The first kappa shape index (κ1) is 10.5. The van der Waals surface area contributed by atoms with Gasteiger partial charge in [-0.3, -0.25) is 4.79 Å². The lowest BCUT2D eigenvalue weighted by Gasteiger charge is -2.06. The van der Waals surface area contributed by atoms with Crippen molar-refractivity contribution in [3.63, 3.8) is 0 Å². The maximum absolute atomic E-state index is 12.0. The van der Waals surface area contributed by atoms with Crippen molar-refractivity contribution >= 4 is 17.5 Å². The second-order valence-corrected chi connectivity index (χ2v) is 4.95. The summed E-state index contributed by atoms with van der Waals surface area (Å²) in [5.74, 6) is 0.0872. The van der Waals surface area contributed by atoms with Crippen LogP contribution in [0.2, 0.25) is 5.02 Å². The summed E-state index contributed by atoms with van der Waals surface area (Å²) in [5, 5.41) is 0.657. The molecule has 1 heterocycles. The molecule has 1 amide bonds. The summed E-state index contributed by atoms with van der Waals surface area (Å²) in [4.78, 5) is 13.9. The lowest BCUT2D eigenvalue weighted by Crippen LogP contribution is -2.17. The number of halogens is 1. The molecule has 0 N–H and O–H groups in total. The van der Waals surface area contributed by atoms with Crippen molar-refractivity contribution in [3.05, 3.63) is 34.9 Å². The van der Waals surface area contributed by atoms with Gasteiger partial charge in [0.05, 0.1) is 11.6 Å². The molecule has 0 aliphatic carbocycles. The van der Waals surface area contributed by atoms with Gasteiger partial charge < -0.3 is 4.90 Å². The smallest absolute Gasteiger partial charge is 0.254 e. The number of rotatable bonds is 1. The largest absolute Gasteiger partial charge is 0.326 e. The fourth-order valence-corrected chi connectivity index (χ4v) is 1.98. The van der Waals surface area contributed by atoms with Gasteiger partial charge in [-0.2, -0.15) is 0 Å². The van der Waals surface area contributed by atoms with Crippen LogP contribution in [0.1, 0.15) is 31.1 Å². The van der Waals surface area contributed by atoms with Crippen molar-refractivity contribution in [3.8, 4) is 0 Å². The molecule has 1 fully saturated rings. The van der Waals surface area contributed by atoms with Gasteiger partial charge in [-0.25, -0.2) is 0 Å². The third kappa shape index (κ3) is 1.63. The summed E-state index contributed by atoms with van der Waals surface area (Å²) < 4.78 is 0. The van der Waals surface area contributed by atoms with E-state index in [0.717, 1.165) is 0 Å². The minimum absolute atomic E-state index is 0.00325. The molecule has 80 valence electrons. The fourth-order valence-electron chi connectivity index (χ4n) is 1.85. The Morgan fingerprint density at radius 1 is 1.33 bits per heavy atom. The predicted molar refractivity (Wildman–Crippen MR) is 61.2 cm³/mol. The molecule has 2 rings (SSSR count). The number of carbonyl (C=O) groups is 1. The van der Waals surface area contributed by atoms with Crippen molar-refractivity contribution in [1.82, 2.24) is 4.90 Å². The fraction of sp³-hybridized carbons (Fsp3) is 0.417. The molecule has 1 aromatic rings. The van der Waals surface area contributed by atoms with E-state index in [1.54, 1.807) is 24.3 Å². The monoisotopic (exact) mass is 223 g/mol. The average Bonchev–Trinajstić information content (AvgIpc) is 2.66. The predicted octanol–water partition coefficient (Wildman–Crippen LogP) is 2.96. The lowest BCUT2D eigenvalue weighted by molar-refractivity contribution is 0.0854. The van der Waals surface area contributed by atoms with Crippen LogP contribution in [0.4, 0.5) is 0 Å². The topological polar surface area (TPSA) is 20.1 Å². The van der Waals surface area contributed by atoms with E-state index in [0.29, 0.717) is 16.6 Å². The van der Waals surface area contributed by atoms with E-state index < -0.39 is 0 Å². The first-order chi connectivity index (χ1) is 6.94. The Bertz CT molecular complexity index is 397. The second kappa shape index (κ2) is 3.24. The summed E-state index contributed by atoms with van der Waals surface area (Å²) in [6, 6.07) is 7.35. The third-order valence-corrected chi connectivity index (χ3v) is 3.52. The first-order valence-corrected chi connectivity index (χ1v) is 5.41. The summed E-state index contributed by atoms with van der Waals surface area (Å²) in [7, 11) is 0. The van der Waals surface area contributed by atoms with Crippen LogP contribution >= 0.6 is 11.6 Å². The van der Waals surface area contributed by atoms with Crippen molar-refractivity contribution in [1.29, 1.82) is 0 Å². The highest BCUT2D eigenvalue weighted by Gasteiger charge is 2.55. The van der Waals surface area contributed by atoms with Crippen molar-refractivity contribution in [2.75, 3.05) is 0 Å². The Morgan fingerprint density at radius 2 is 1.80 bits per heavy atom. The van der Waals surface area contributed by atoms with Crippen LogP contribution in [-0.4, -0.2) is 22.4 Å². The molecule has 1 unspecified atom stereocenters. The molecule has 0 aromatic heterocycles. The van der Waals surface area contributed by atoms with Crippen LogP contribution in [-0.2, 0) is 0 Å². The number of carbonyl (C=O) groups excluding carboxylic acids is 1. The molecule has 0 bridgehead atoms. The third-order valence-electron chi connectivity index (χ3n) is 3.27. The highest BCUT2D eigenvalue weighted by molar-refractivity contribution is 6.30. The molecule has 0 spiro atoms. The minimum atomic E-state index is -0.00325. The van der Waals surface area contributed by atoms with Gasteiger partial charge in [0.1, 0.15) is 0 Å². The van der Waals surface area contributed by atoms with E-state index >= 15 is 0 Å². The number of nitrogens with zero attached hydrogens (tertiary/aromatic N) is 1. The van der Waals surface area contributed by atoms with E-state index in [1.165, 1.54) is 0 Å². The normalized spacial score (nSPS) is 22.7. The van der Waals surface area contributed by atoms with Gasteiger partial charge in [-0.15, -0.1) is 0 Å². The van der Waals surface area contributed by atoms with Gasteiger partial charge in [0.25, 0.3) is 5.91 Å². The molecule has 1 aromatic carbocycles. The van der Waals surface area contributed by atoms with Gasteiger partial charge in [-0.05, 0) is 45.0 Å². The van der Waals surface area contributed by atoms with Gasteiger partial charge in [0, 0.05) is 10.6 Å². The van der Waals surface area contributed by atoms with E-state index in [-0.39, 0.29) is 11.4 Å². The molecule has 2 nitrogen and oxygen atoms in total. The molecule has 3 heteroatoms. The standard InChI is InChI=1S/C12H14ClNO/c1-8-12(2,3)14(8)11(15)9-4-6-10(13)7-5-9/h4-8H,1-3H3. The molecule has 1 atom stereocenters. The number of benzene rings is 1. The van der Waals surface area contributed by atoms with Crippen LogP contribution in [0.15, 0.2) is 24.3 Å². The summed E-state index contributed by atoms with van der Waals surface area (Å²) in [5.41, 5.74) is 0.702. The van der Waals surface area contributed by atoms with Crippen molar-refractivity contribution in [2.45, 2.75) is 32.4 Å². The second-order valence-electron chi connectivity index (χ2n) is 4.51. The van der Waals surface area contributed by atoms with Crippen LogP contribution in [0.3, 0.4) is 0 Å². The summed E-state index contributed by atoms with van der Waals surface area (Å²) in [6.07, 6.45) is 0. The van der Waals surface area contributed by atoms with Gasteiger partial charge in [-0.1, -0.05) is 11.6 Å². The molecular weight excluding hydrogens is 210 g/mol. The highest BCUT2D eigenvalue weighted by atomic mass is 35.5. The average molecular weight is 224 g/mol. The SMILES string of the molecule is CC1N(C(=O)c2ccc(Cl)cc2)C1(C)C. The zero-order chi connectivity index (χ0) is 11.2. The maximum Gasteiger partial charge on any atom is 0.254 e. The van der Waals surface area contributed by atoms with Crippen LogP contribution in [0, 0.1) is 0 Å². The Labute approximate surface area is 94.8 Å². The van der Waals surface area contributed by atoms with E-state index in [2.05, 4.69) is 20.8 Å². The van der Waals surface area contributed by atoms with Crippen LogP contribution in [0.25, 0.3) is 0 Å². The zero-order valence-electron chi connectivity index (χ0n) is 9.12. The highest BCUT2D eigenvalue weighted by Crippen LogP contribution is 2.41. The Kier molecular flexibility index (Phi) is 2.27. The Hall–Kier alpha value is -1.02. The van der Waals surface area contributed by atoms with Crippen LogP contribution < -0.4 is 0 Å². The van der Waals surface area contributed by atoms with Crippen molar-refractivity contribution in [2.24, 2.45) is 0 Å². The molecule has 0 saturated carbocycles. The zero-order valence-corrected chi connectivity index (χ0v) is 9.88. The van der Waals surface area contributed by atoms with E-state index in [4.69, 9.17) is 11.6 Å². The molecule has 1 aliphatic rings. The molecule has 1 saturated heterocycles. The lowest BCUT2D eigenvalue weighted by atomic mass is 10.1. The Morgan fingerprint density at radius 3 is 2.20 bits per heavy atom. The van der Waals surface area contributed by atoms with Crippen LogP contribution in [0.5, 0.6) is 0 Å². The van der Waals surface area contributed by atoms with Gasteiger partial charge in [0.2, 0.25) is 0 Å². The first-order valence-electron chi connectivity index (χ1n) is 5.04. The van der Waals surface area contributed by atoms with Gasteiger partial charge >= 0.3 is 0 Å². The number of hydrogen-bond acceptors (Lipinski definition) is 1. The number of hydrogen-bond donors (Lipinski definition) is 0. The molecule has 1 aliphatic heterocycles. The Balaban J connectivity index is 2.20. The quantitative estimate of drug-likeness (QED) is 0.671. The molecule has 15 heavy (non-hydrogen) atoms. The van der Waals surface area contributed by atoms with E-state index in [9.17, 15) is 4.79 Å². The van der Waals surface area contributed by atoms with Crippen molar-refractivity contribution < 1.29 is 4.79 Å². The maximum atomic E-state index is 12.0.